The molecule has 0 unspecified atom stereocenters. The summed E-state index contributed by atoms with van der Waals surface area (Å²) in [4.78, 5) is 11.5. The van der Waals surface area contributed by atoms with Gasteiger partial charge < -0.3 is 15.8 Å². The molecule has 0 spiro atoms. The van der Waals surface area contributed by atoms with Crippen LogP contribution >= 0.6 is 0 Å². The third-order valence-electron chi connectivity index (χ3n) is 3.24. The predicted molar refractivity (Wildman–Crippen MR) is 92.9 cm³/mol. The molecule has 0 bridgehead atoms. The molecule has 1 aromatic carbocycles. The van der Waals surface area contributed by atoms with Gasteiger partial charge in [0.2, 0.25) is 0 Å². The van der Waals surface area contributed by atoms with Gasteiger partial charge in [-0.1, -0.05) is 5.21 Å². The molecule has 0 saturated heterocycles. The minimum Gasteiger partial charge on any atom is -0.450 e. The Bertz CT molecular complexity index is 658. The first-order chi connectivity index (χ1) is 11.3. The topological polar surface area (TPSA) is 95.1 Å². The molecule has 0 aliphatic rings. The zero-order chi connectivity index (χ0) is 17.6. The number of carbonyl (C=O) groups excluding carboxylic acids is 1. The van der Waals surface area contributed by atoms with E-state index < -0.39 is 0 Å². The number of hydrogen-bond acceptors (Lipinski definition) is 5. The molecule has 0 fully saturated rings. The van der Waals surface area contributed by atoms with Crippen molar-refractivity contribution in [1.29, 1.82) is 0 Å². The number of nitrogens with two attached hydrogens (primary N) is 1. The summed E-state index contributed by atoms with van der Waals surface area (Å²) in [6.07, 6.45) is 3.98. The van der Waals surface area contributed by atoms with E-state index in [1.54, 1.807) is 4.68 Å². The highest BCUT2D eigenvalue weighted by molar-refractivity contribution is 5.67. The molecule has 7 heteroatoms. The molecule has 7 nitrogen and oxygen atoms in total. The summed E-state index contributed by atoms with van der Waals surface area (Å²) in [6.45, 7) is 6.14. The fourth-order valence-electron chi connectivity index (χ4n) is 2.08. The summed E-state index contributed by atoms with van der Waals surface area (Å²) in [5.41, 5.74) is 7.94. The average molecular weight is 331 g/mol. The standard InChI is InChI=1S/C17H25N5O2/c1-17(2,3)19-16(23)24-11-5-4-6-14-12-22(21-20-14)15-9-7-13(18)8-10-15/h7-10,12H,4-6,11,18H2,1-3H3,(H,19,23). The van der Waals surface area contributed by atoms with Gasteiger partial charge in [-0.2, -0.15) is 0 Å². The summed E-state index contributed by atoms with van der Waals surface area (Å²) < 4.78 is 6.86. The number of aromatic nitrogens is 3. The van der Waals surface area contributed by atoms with Crippen LogP contribution in [0, 0.1) is 0 Å². The van der Waals surface area contributed by atoms with Crippen molar-refractivity contribution < 1.29 is 9.53 Å². The summed E-state index contributed by atoms with van der Waals surface area (Å²) in [5.74, 6) is 0. The second-order valence-electron chi connectivity index (χ2n) is 6.71. The number of amides is 1. The molecular formula is C17H25N5O2. The number of nitrogens with one attached hydrogen (secondary N) is 1. The van der Waals surface area contributed by atoms with E-state index in [1.165, 1.54) is 0 Å². The molecule has 0 saturated carbocycles. The van der Waals surface area contributed by atoms with E-state index in [0.717, 1.165) is 36.3 Å². The van der Waals surface area contributed by atoms with E-state index in [4.69, 9.17) is 10.5 Å². The third-order valence-corrected chi connectivity index (χ3v) is 3.24. The molecular weight excluding hydrogens is 306 g/mol. The Kier molecular flexibility index (Phi) is 5.78. The van der Waals surface area contributed by atoms with Crippen LogP contribution in [-0.2, 0) is 11.2 Å². The van der Waals surface area contributed by atoms with Gasteiger partial charge >= 0.3 is 6.09 Å². The lowest BCUT2D eigenvalue weighted by atomic mass is 10.1. The molecule has 1 aromatic heterocycles. The molecule has 3 N–H and O–H groups in total. The number of aryl methyl sites for hydroxylation is 1. The minimum atomic E-state index is -0.378. The first-order valence-electron chi connectivity index (χ1n) is 8.05. The second kappa shape index (κ2) is 7.81. The van der Waals surface area contributed by atoms with Crippen molar-refractivity contribution in [2.24, 2.45) is 0 Å². The maximum Gasteiger partial charge on any atom is 0.407 e. The van der Waals surface area contributed by atoms with E-state index in [-0.39, 0.29) is 11.6 Å². The van der Waals surface area contributed by atoms with Crippen molar-refractivity contribution in [2.75, 3.05) is 12.3 Å². The van der Waals surface area contributed by atoms with Crippen LogP contribution in [0.2, 0.25) is 0 Å². The third kappa shape index (κ3) is 5.91. The van der Waals surface area contributed by atoms with Crippen molar-refractivity contribution in [1.82, 2.24) is 20.3 Å². The predicted octanol–water partition coefficient (Wildman–Crippen LogP) is 2.70. The van der Waals surface area contributed by atoms with Gasteiger partial charge in [-0.15, -0.1) is 5.10 Å². The Hall–Kier alpha value is -2.57. The number of rotatable bonds is 6. The first kappa shape index (κ1) is 17.8. The number of ether oxygens (including phenoxy) is 1. The highest BCUT2D eigenvalue weighted by atomic mass is 16.5. The number of hydrogen-bond donors (Lipinski definition) is 2. The SMILES string of the molecule is CC(C)(C)NC(=O)OCCCCc1cn(-c2ccc(N)cc2)nn1. The van der Waals surface area contributed by atoms with Gasteiger partial charge in [-0.05, 0) is 64.3 Å². The highest BCUT2D eigenvalue weighted by Gasteiger charge is 2.14. The molecule has 0 atom stereocenters. The summed E-state index contributed by atoms with van der Waals surface area (Å²) in [7, 11) is 0. The van der Waals surface area contributed by atoms with Crippen LogP contribution in [0.5, 0.6) is 0 Å². The number of nitrogen functional groups attached to an aromatic ring is 1. The number of nitrogens with zero attached hydrogens (tertiary/aromatic N) is 3. The monoisotopic (exact) mass is 331 g/mol. The molecule has 0 aliphatic heterocycles. The van der Waals surface area contributed by atoms with Crippen molar-refractivity contribution in [2.45, 2.75) is 45.6 Å². The number of carbonyl (C=O) groups is 1. The fourth-order valence-corrected chi connectivity index (χ4v) is 2.08. The highest BCUT2D eigenvalue weighted by Crippen LogP contribution is 2.11. The van der Waals surface area contributed by atoms with Gasteiger partial charge in [0.05, 0.1) is 24.2 Å². The second-order valence-corrected chi connectivity index (χ2v) is 6.71. The van der Waals surface area contributed by atoms with Crippen molar-refractivity contribution in [3.8, 4) is 5.69 Å². The fraction of sp³-hybridized carbons (Fsp3) is 0.471. The van der Waals surface area contributed by atoms with Crippen molar-refractivity contribution >= 4 is 11.8 Å². The van der Waals surface area contributed by atoms with Crippen LogP contribution in [-0.4, -0.2) is 33.2 Å². The van der Waals surface area contributed by atoms with Crippen molar-refractivity contribution in [3.63, 3.8) is 0 Å². The lowest BCUT2D eigenvalue weighted by molar-refractivity contribution is 0.135. The molecule has 2 aromatic rings. The maximum absolute atomic E-state index is 11.5. The molecule has 0 aliphatic carbocycles. The normalized spacial score (nSPS) is 11.3. The largest absolute Gasteiger partial charge is 0.450 e. The number of anilines is 1. The van der Waals surface area contributed by atoms with Crippen LogP contribution in [0.1, 0.15) is 39.3 Å². The van der Waals surface area contributed by atoms with E-state index in [1.807, 2.05) is 51.2 Å². The molecule has 24 heavy (non-hydrogen) atoms. The average Bonchev–Trinajstić information content (AvgIpc) is 2.94. The zero-order valence-electron chi connectivity index (χ0n) is 14.5. The summed E-state index contributed by atoms with van der Waals surface area (Å²) in [6, 6.07) is 7.46. The molecule has 2 rings (SSSR count). The maximum atomic E-state index is 11.5. The van der Waals surface area contributed by atoms with E-state index in [9.17, 15) is 4.79 Å². The molecule has 130 valence electrons. The smallest absolute Gasteiger partial charge is 0.407 e. The Morgan fingerprint density at radius 3 is 2.62 bits per heavy atom. The minimum absolute atomic E-state index is 0.280. The lowest BCUT2D eigenvalue weighted by Gasteiger charge is -2.19. The van der Waals surface area contributed by atoms with E-state index >= 15 is 0 Å². The van der Waals surface area contributed by atoms with Crippen LogP contribution in [0.25, 0.3) is 5.69 Å². The van der Waals surface area contributed by atoms with Gasteiger partial charge in [-0.25, -0.2) is 9.48 Å². The number of unbranched alkanes of at least 4 members (excludes halogenated alkanes) is 1. The molecule has 1 heterocycles. The number of benzene rings is 1. The first-order valence-corrected chi connectivity index (χ1v) is 8.05. The van der Waals surface area contributed by atoms with Gasteiger partial charge in [0, 0.05) is 11.2 Å². The van der Waals surface area contributed by atoms with E-state index in [0.29, 0.717) is 6.61 Å². The molecule has 1 amide bonds. The quantitative estimate of drug-likeness (QED) is 0.627. The number of alkyl carbamates (subject to hydrolysis) is 1. The lowest BCUT2D eigenvalue weighted by Crippen LogP contribution is -2.41. The Morgan fingerprint density at radius 2 is 1.96 bits per heavy atom. The Balaban J connectivity index is 1.70. The Morgan fingerprint density at radius 1 is 1.25 bits per heavy atom. The van der Waals surface area contributed by atoms with Gasteiger partial charge in [0.25, 0.3) is 0 Å². The zero-order valence-corrected chi connectivity index (χ0v) is 14.5. The van der Waals surface area contributed by atoms with Crippen molar-refractivity contribution in [3.05, 3.63) is 36.2 Å². The summed E-state index contributed by atoms with van der Waals surface area (Å²) >= 11 is 0. The van der Waals surface area contributed by atoms with Gasteiger partial charge in [0.15, 0.2) is 0 Å². The molecule has 0 radical (unpaired) electrons. The Labute approximate surface area is 142 Å². The van der Waals surface area contributed by atoms with E-state index in [2.05, 4.69) is 15.6 Å². The van der Waals surface area contributed by atoms with Gasteiger partial charge in [0.1, 0.15) is 0 Å². The summed E-state index contributed by atoms with van der Waals surface area (Å²) in [5, 5.41) is 11.0. The van der Waals surface area contributed by atoms with Gasteiger partial charge in [-0.3, -0.25) is 0 Å². The van der Waals surface area contributed by atoms with Crippen LogP contribution in [0.3, 0.4) is 0 Å². The van der Waals surface area contributed by atoms with Crippen LogP contribution in [0.4, 0.5) is 10.5 Å². The van der Waals surface area contributed by atoms with Crippen LogP contribution in [0.15, 0.2) is 30.5 Å². The van der Waals surface area contributed by atoms with Crippen LogP contribution < -0.4 is 11.1 Å².